The molecule has 0 saturated carbocycles. The maximum Gasteiger partial charge on any atom is 0.189 e. The average molecular weight is 275 g/mol. The van der Waals surface area contributed by atoms with Crippen LogP contribution in [0.2, 0.25) is 0 Å². The van der Waals surface area contributed by atoms with Gasteiger partial charge < -0.3 is 14.6 Å². The molecule has 0 saturated heterocycles. The first-order valence-corrected chi connectivity index (χ1v) is 5.58. The molecular formula is C11H15BrO3. The molecule has 15 heavy (non-hydrogen) atoms. The van der Waals surface area contributed by atoms with Crippen molar-refractivity contribution < 1.29 is 14.6 Å². The molecule has 0 aliphatic rings. The van der Waals surface area contributed by atoms with Gasteiger partial charge >= 0.3 is 0 Å². The van der Waals surface area contributed by atoms with E-state index in [1.807, 2.05) is 26.0 Å². The van der Waals surface area contributed by atoms with E-state index in [4.69, 9.17) is 9.47 Å². The first-order chi connectivity index (χ1) is 7.19. The minimum absolute atomic E-state index is 0.0399. The molecule has 0 radical (unpaired) electrons. The zero-order valence-electron chi connectivity index (χ0n) is 8.92. The lowest BCUT2D eigenvalue weighted by atomic mass is 10.1. The van der Waals surface area contributed by atoms with Gasteiger partial charge in [0, 0.05) is 16.6 Å². The normalized spacial score (nSPS) is 10.4. The zero-order chi connectivity index (χ0) is 11.3. The van der Waals surface area contributed by atoms with E-state index in [9.17, 15) is 5.11 Å². The Hall–Kier alpha value is -0.580. The van der Waals surface area contributed by atoms with Crippen LogP contribution in [0.25, 0.3) is 0 Å². The Morgan fingerprint density at radius 3 is 2.73 bits per heavy atom. The van der Waals surface area contributed by atoms with Gasteiger partial charge in [0.25, 0.3) is 0 Å². The van der Waals surface area contributed by atoms with E-state index >= 15 is 0 Å². The lowest BCUT2D eigenvalue weighted by Crippen LogP contribution is -2.05. The number of hydrogen-bond donors (Lipinski definition) is 1. The number of aliphatic hydroxyl groups excluding tert-OH is 1. The van der Waals surface area contributed by atoms with Crippen LogP contribution in [0.3, 0.4) is 0 Å². The molecule has 1 aromatic rings. The third-order valence-electron chi connectivity index (χ3n) is 1.98. The quantitative estimate of drug-likeness (QED) is 0.663. The molecule has 0 aromatic heterocycles. The van der Waals surface area contributed by atoms with Crippen molar-refractivity contribution in [2.45, 2.75) is 20.5 Å². The molecule has 84 valence electrons. The summed E-state index contributed by atoms with van der Waals surface area (Å²) in [5.41, 5.74) is 1.75. The minimum Gasteiger partial charge on any atom is -0.467 e. The molecule has 3 nitrogen and oxygen atoms in total. The summed E-state index contributed by atoms with van der Waals surface area (Å²) in [5.74, 6) is 0.703. The van der Waals surface area contributed by atoms with E-state index in [-0.39, 0.29) is 13.4 Å². The highest BCUT2D eigenvalue weighted by Crippen LogP contribution is 2.28. The van der Waals surface area contributed by atoms with E-state index < -0.39 is 0 Å². The van der Waals surface area contributed by atoms with Crippen LogP contribution in [-0.4, -0.2) is 18.5 Å². The molecule has 0 heterocycles. The Morgan fingerprint density at radius 2 is 2.13 bits per heavy atom. The van der Waals surface area contributed by atoms with Crippen molar-refractivity contribution in [3.05, 3.63) is 27.7 Å². The summed E-state index contributed by atoms with van der Waals surface area (Å²) in [6, 6.07) is 3.79. The molecule has 0 bridgehead atoms. The van der Waals surface area contributed by atoms with E-state index in [1.54, 1.807) is 0 Å². The highest BCUT2D eigenvalue weighted by atomic mass is 79.9. The monoisotopic (exact) mass is 274 g/mol. The standard InChI is InChI=1S/C11H15BrO3/c1-3-14-7-15-11-8(2)4-10(12)5-9(11)6-13/h4-5,13H,3,6-7H2,1-2H3. The van der Waals surface area contributed by atoms with Crippen LogP contribution in [0, 0.1) is 6.92 Å². The van der Waals surface area contributed by atoms with E-state index in [2.05, 4.69) is 15.9 Å². The molecule has 1 N–H and O–H groups in total. The second kappa shape index (κ2) is 6.10. The van der Waals surface area contributed by atoms with Crippen LogP contribution in [0.4, 0.5) is 0 Å². The Kier molecular flexibility index (Phi) is 5.08. The number of aliphatic hydroxyl groups is 1. The van der Waals surface area contributed by atoms with E-state index in [1.165, 1.54) is 0 Å². The van der Waals surface area contributed by atoms with Crippen molar-refractivity contribution >= 4 is 15.9 Å². The fourth-order valence-electron chi connectivity index (χ4n) is 1.31. The first kappa shape index (κ1) is 12.5. The van der Waals surface area contributed by atoms with E-state index in [0.29, 0.717) is 12.4 Å². The molecule has 0 unspecified atom stereocenters. The van der Waals surface area contributed by atoms with Gasteiger partial charge in [-0.25, -0.2) is 0 Å². The van der Waals surface area contributed by atoms with Crippen molar-refractivity contribution in [2.75, 3.05) is 13.4 Å². The zero-order valence-corrected chi connectivity index (χ0v) is 10.5. The van der Waals surface area contributed by atoms with Gasteiger partial charge in [-0.1, -0.05) is 15.9 Å². The van der Waals surface area contributed by atoms with Crippen molar-refractivity contribution in [2.24, 2.45) is 0 Å². The largest absolute Gasteiger partial charge is 0.467 e. The third-order valence-corrected chi connectivity index (χ3v) is 2.44. The Labute approximate surface area is 98.1 Å². The van der Waals surface area contributed by atoms with Gasteiger partial charge in [-0.3, -0.25) is 0 Å². The number of benzene rings is 1. The number of halogens is 1. The molecule has 0 aliphatic carbocycles. The fourth-order valence-corrected chi connectivity index (χ4v) is 1.93. The Morgan fingerprint density at radius 1 is 1.40 bits per heavy atom. The fraction of sp³-hybridized carbons (Fsp3) is 0.455. The molecule has 0 spiro atoms. The van der Waals surface area contributed by atoms with Crippen LogP contribution < -0.4 is 4.74 Å². The van der Waals surface area contributed by atoms with Gasteiger partial charge in [-0.05, 0) is 31.5 Å². The smallest absolute Gasteiger partial charge is 0.189 e. The molecule has 0 amide bonds. The molecule has 4 heteroatoms. The van der Waals surface area contributed by atoms with Crippen molar-refractivity contribution in [1.82, 2.24) is 0 Å². The highest BCUT2D eigenvalue weighted by Gasteiger charge is 2.08. The molecule has 0 atom stereocenters. The minimum atomic E-state index is -0.0399. The third kappa shape index (κ3) is 3.48. The number of ether oxygens (including phenoxy) is 2. The van der Waals surface area contributed by atoms with Crippen LogP contribution in [0.5, 0.6) is 5.75 Å². The predicted octanol–water partition coefficient (Wildman–Crippen LogP) is 2.62. The molecular weight excluding hydrogens is 260 g/mol. The van der Waals surface area contributed by atoms with Crippen LogP contribution in [0.15, 0.2) is 16.6 Å². The lowest BCUT2D eigenvalue weighted by Gasteiger charge is -2.13. The van der Waals surface area contributed by atoms with Gasteiger partial charge in [-0.2, -0.15) is 0 Å². The maximum atomic E-state index is 9.18. The van der Waals surface area contributed by atoms with Gasteiger partial charge in [0.15, 0.2) is 6.79 Å². The lowest BCUT2D eigenvalue weighted by molar-refractivity contribution is 0.0207. The van der Waals surface area contributed by atoms with Crippen molar-refractivity contribution in [1.29, 1.82) is 0 Å². The Bertz CT molecular complexity index is 326. The summed E-state index contributed by atoms with van der Waals surface area (Å²) in [5, 5.41) is 9.18. The van der Waals surface area contributed by atoms with Crippen LogP contribution >= 0.6 is 15.9 Å². The molecule has 0 aliphatic heterocycles. The summed E-state index contributed by atoms with van der Waals surface area (Å²) in [4.78, 5) is 0. The molecule has 1 rings (SSSR count). The number of aryl methyl sites for hydroxylation is 1. The SMILES string of the molecule is CCOCOc1c(C)cc(Br)cc1CO. The average Bonchev–Trinajstić information content (AvgIpc) is 2.20. The van der Waals surface area contributed by atoms with Gasteiger partial charge in [0.1, 0.15) is 5.75 Å². The Balaban J connectivity index is 2.84. The summed E-state index contributed by atoms with van der Waals surface area (Å²) < 4.78 is 11.5. The highest BCUT2D eigenvalue weighted by molar-refractivity contribution is 9.10. The summed E-state index contributed by atoms with van der Waals surface area (Å²) in [7, 11) is 0. The van der Waals surface area contributed by atoms with Crippen LogP contribution in [0.1, 0.15) is 18.1 Å². The van der Waals surface area contributed by atoms with Crippen molar-refractivity contribution in [3.8, 4) is 5.75 Å². The van der Waals surface area contributed by atoms with Crippen LogP contribution in [-0.2, 0) is 11.3 Å². The van der Waals surface area contributed by atoms with E-state index in [0.717, 1.165) is 15.6 Å². The van der Waals surface area contributed by atoms with Crippen molar-refractivity contribution in [3.63, 3.8) is 0 Å². The second-order valence-corrected chi connectivity index (χ2v) is 4.04. The summed E-state index contributed by atoms with van der Waals surface area (Å²) in [6.07, 6.45) is 0. The van der Waals surface area contributed by atoms with Gasteiger partial charge in [-0.15, -0.1) is 0 Å². The molecule has 1 aromatic carbocycles. The second-order valence-electron chi connectivity index (χ2n) is 3.12. The maximum absolute atomic E-state index is 9.18. The van der Waals surface area contributed by atoms with Gasteiger partial charge in [0.05, 0.1) is 6.61 Å². The summed E-state index contributed by atoms with van der Waals surface area (Å²) in [6.45, 7) is 4.63. The number of rotatable bonds is 5. The summed E-state index contributed by atoms with van der Waals surface area (Å²) >= 11 is 3.37. The van der Waals surface area contributed by atoms with Gasteiger partial charge in [0.2, 0.25) is 0 Å². The predicted molar refractivity (Wildman–Crippen MR) is 61.9 cm³/mol. The topological polar surface area (TPSA) is 38.7 Å². The number of hydrogen-bond acceptors (Lipinski definition) is 3. The molecule has 0 fully saturated rings. The first-order valence-electron chi connectivity index (χ1n) is 4.79.